The van der Waals surface area contributed by atoms with E-state index in [1.54, 1.807) is 0 Å². The molecule has 1 aromatic carbocycles. The number of benzene rings is 1. The Kier molecular flexibility index (Phi) is 4.69. The highest BCUT2D eigenvalue weighted by Gasteiger charge is 2.36. The normalized spacial score (nSPS) is 17.2. The molecule has 0 saturated carbocycles. The number of anilines is 1. The number of nitrogens with one attached hydrogen (secondary N) is 2. The number of amides is 3. The number of halogens is 2. The Labute approximate surface area is 125 Å². The summed E-state index contributed by atoms with van der Waals surface area (Å²) in [6, 6.07) is 1.75. The molecule has 1 saturated heterocycles. The minimum absolute atomic E-state index is 0.161. The number of hydrogen-bond acceptors (Lipinski definition) is 3. The van der Waals surface area contributed by atoms with Gasteiger partial charge in [-0.3, -0.25) is 14.4 Å². The molecule has 8 heteroatoms. The first-order valence-corrected chi connectivity index (χ1v) is 6.72. The van der Waals surface area contributed by atoms with Crippen molar-refractivity contribution in [1.29, 1.82) is 0 Å². The number of likely N-dealkylation sites (tertiary alicyclic amines) is 1. The van der Waals surface area contributed by atoms with Gasteiger partial charge in [0.1, 0.15) is 17.7 Å². The van der Waals surface area contributed by atoms with Crippen LogP contribution in [-0.2, 0) is 14.4 Å². The molecule has 1 atom stereocenters. The Balaban J connectivity index is 2.08. The van der Waals surface area contributed by atoms with E-state index in [0.717, 1.165) is 17.0 Å². The van der Waals surface area contributed by atoms with Crippen molar-refractivity contribution in [3.63, 3.8) is 0 Å². The average Bonchev–Trinajstić information content (AvgIpc) is 2.93. The number of carbonyl (C=O) groups is 3. The lowest BCUT2D eigenvalue weighted by molar-refractivity contribution is -0.146. The van der Waals surface area contributed by atoms with Gasteiger partial charge in [0, 0.05) is 25.3 Å². The summed E-state index contributed by atoms with van der Waals surface area (Å²) < 4.78 is 26.1. The zero-order valence-corrected chi connectivity index (χ0v) is 11.9. The van der Waals surface area contributed by atoms with Gasteiger partial charge in [0.05, 0.1) is 0 Å². The first-order valence-electron chi connectivity index (χ1n) is 6.72. The van der Waals surface area contributed by atoms with E-state index in [0.29, 0.717) is 18.9 Å². The number of nitrogens with zero attached hydrogens (tertiary/aromatic N) is 1. The van der Waals surface area contributed by atoms with E-state index in [2.05, 4.69) is 10.6 Å². The predicted octanol–water partition coefficient (Wildman–Crippen LogP) is 0.640. The molecule has 118 valence electrons. The van der Waals surface area contributed by atoms with Crippen LogP contribution in [0.5, 0.6) is 0 Å². The van der Waals surface area contributed by atoms with E-state index in [1.807, 2.05) is 0 Å². The van der Waals surface area contributed by atoms with Gasteiger partial charge in [-0.1, -0.05) is 0 Å². The van der Waals surface area contributed by atoms with Crippen molar-refractivity contribution in [2.24, 2.45) is 0 Å². The second kappa shape index (κ2) is 6.50. The van der Waals surface area contributed by atoms with Gasteiger partial charge in [-0.05, 0) is 25.0 Å². The summed E-state index contributed by atoms with van der Waals surface area (Å²) in [7, 11) is 1.44. The maximum atomic E-state index is 13.1. The van der Waals surface area contributed by atoms with Crippen LogP contribution in [0.2, 0.25) is 0 Å². The fraction of sp³-hybridized carbons (Fsp3) is 0.357. The van der Waals surface area contributed by atoms with Crippen LogP contribution in [-0.4, -0.2) is 42.3 Å². The molecular formula is C14H15F2N3O3. The zero-order valence-electron chi connectivity index (χ0n) is 11.9. The van der Waals surface area contributed by atoms with Crippen molar-refractivity contribution in [2.45, 2.75) is 18.9 Å². The van der Waals surface area contributed by atoms with Crippen molar-refractivity contribution in [3.8, 4) is 0 Å². The van der Waals surface area contributed by atoms with Crippen molar-refractivity contribution < 1.29 is 23.2 Å². The zero-order chi connectivity index (χ0) is 16.3. The van der Waals surface area contributed by atoms with Crippen LogP contribution in [0.4, 0.5) is 14.5 Å². The van der Waals surface area contributed by atoms with Crippen molar-refractivity contribution >= 4 is 23.4 Å². The first kappa shape index (κ1) is 15.9. The molecule has 3 amide bonds. The van der Waals surface area contributed by atoms with Crippen molar-refractivity contribution in [3.05, 3.63) is 29.8 Å². The molecule has 2 N–H and O–H groups in total. The van der Waals surface area contributed by atoms with Gasteiger partial charge in [-0.25, -0.2) is 8.78 Å². The van der Waals surface area contributed by atoms with Crippen LogP contribution in [0.1, 0.15) is 12.8 Å². The fourth-order valence-electron chi connectivity index (χ4n) is 2.39. The Morgan fingerprint density at radius 1 is 1.18 bits per heavy atom. The monoisotopic (exact) mass is 311 g/mol. The third kappa shape index (κ3) is 3.38. The Morgan fingerprint density at radius 3 is 2.41 bits per heavy atom. The summed E-state index contributed by atoms with van der Waals surface area (Å²) in [5.41, 5.74) is -0.161. The van der Waals surface area contributed by atoms with E-state index < -0.39 is 29.5 Å². The largest absolute Gasteiger partial charge is 0.357 e. The van der Waals surface area contributed by atoms with Crippen LogP contribution in [0.3, 0.4) is 0 Å². The highest BCUT2D eigenvalue weighted by molar-refractivity contribution is 6.40. The molecule has 2 rings (SSSR count). The second-order valence-electron chi connectivity index (χ2n) is 4.88. The molecule has 0 unspecified atom stereocenters. The SMILES string of the molecule is CNC(=O)[C@@H]1CCCN1C(=O)C(=O)Nc1cc(F)cc(F)c1. The topological polar surface area (TPSA) is 78.5 Å². The summed E-state index contributed by atoms with van der Waals surface area (Å²) >= 11 is 0. The maximum absolute atomic E-state index is 13.1. The standard InChI is InChI=1S/C14H15F2N3O3/c1-17-12(20)11-3-2-4-19(11)14(22)13(21)18-10-6-8(15)5-9(16)7-10/h5-7,11H,2-4H2,1H3,(H,17,20)(H,18,21)/t11-/m0/s1. The van der Waals surface area contributed by atoms with Gasteiger partial charge in [-0.15, -0.1) is 0 Å². The van der Waals surface area contributed by atoms with Crippen molar-refractivity contribution in [1.82, 2.24) is 10.2 Å². The minimum atomic E-state index is -1.04. The number of rotatable bonds is 2. The molecule has 0 aliphatic carbocycles. The molecule has 6 nitrogen and oxygen atoms in total. The fourth-order valence-corrected chi connectivity index (χ4v) is 2.39. The molecule has 0 bridgehead atoms. The maximum Gasteiger partial charge on any atom is 0.313 e. The predicted molar refractivity (Wildman–Crippen MR) is 73.8 cm³/mol. The van der Waals surface area contributed by atoms with Gasteiger partial charge < -0.3 is 15.5 Å². The average molecular weight is 311 g/mol. The van der Waals surface area contributed by atoms with Crippen LogP contribution in [0.15, 0.2) is 18.2 Å². The summed E-state index contributed by atoms with van der Waals surface area (Å²) in [4.78, 5) is 36.8. The number of carbonyl (C=O) groups excluding carboxylic acids is 3. The molecule has 1 aliphatic heterocycles. The Hall–Kier alpha value is -2.51. The van der Waals surface area contributed by atoms with E-state index >= 15 is 0 Å². The van der Waals surface area contributed by atoms with Crippen LogP contribution in [0.25, 0.3) is 0 Å². The number of likely N-dealkylation sites (N-methyl/N-ethyl adjacent to an activating group) is 1. The van der Waals surface area contributed by atoms with Gasteiger partial charge in [0.25, 0.3) is 0 Å². The lowest BCUT2D eigenvalue weighted by Crippen LogP contribution is -2.48. The lowest BCUT2D eigenvalue weighted by atomic mass is 10.2. The van der Waals surface area contributed by atoms with E-state index in [-0.39, 0.29) is 18.1 Å². The minimum Gasteiger partial charge on any atom is -0.357 e. The summed E-state index contributed by atoms with van der Waals surface area (Å²) in [6.45, 7) is 0.280. The molecule has 1 fully saturated rings. The van der Waals surface area contributed by atoms with E-state index in [4.69, 9.17) is 0 Å². The van der Waals surface area contributed by atoms with Gasteiger partial charge in [0.15, 0.2) is 0 Å². The van der Waals surface area contributed by atoms with Gasteiger partial charge >= 0.3 is 11.8 Å². The van der Waals surface area contributed by atoms with Gasteiger partial charge in [0.2, 0.25) is 5.91 Å². The highest BCUT2D eigenvalue weighted by Crippen LogP contribution is 2.18. The third-order valence-corrected chi connectivity index (χ3v) is 3.38. The van der Waals surface area contributed by atoms with Crippen molar-refractivity contribution in [2.75, 3.05) is 18.9 Å². The quantitative estimate of drug-likeness (QED) is 0.787. The summed E-state index contributed by atoms with van der Waals surface area (Å²) in [5, 5.41) is 4.57. The molecule has 0 spiro atoms. The van der Waals surface area contributed by atoms with Crippen LogP contribution < -0.4 is 10.6 Å². The smallest absolute Gasteiger partial charge is 0.313 e. The van der Waals surface area contributed by atoms with E-state index in [9.17, 15) is 23.2 Å². The van der Waals surface area contributed by atoms with E-state index in [1.165, 1.54) is 7.05 Å². The van der Waals surface area contributed by atoms with Crippen LogP contribution in [0, 0.1) is 11.6 Å². The van der Waals surface area contributed by atoms with Gasteiger partial charge in [-0.2, -0.15) is 0 Å². The summed E-state index contributed by atoms with van der Waals surface area (Å²) in [5.74, 6) is -4.04. The first-order chi connectivity index (χ1) is 10.4. The number of hydrogen-bond donors (Lipinski definition) is 2. The molecule has 0 aromatic heterocycles. The summed E-state index contributed by atoms with van der Waals surface area (Å²) in [6.07, 6.45) is 1.07. The molecule has 0 radical (unpaired) electrons. The Bertz CT molecular complexity index is 601. The molecule has 1 aromatic rings. The molecular weight excluding hydrogens is 296 g/mol. The Morgan fingerprint density at radius 2 is 1.82 bits per heavy atom. The van der Waals surface area contributed by atoms with Crippen LogP contribution >= 0.6 is 0 Å². The lowest BCUT2D eigenvalue weighted by Gasteiger charge is -2.22. The highest BCUT2D eigenvalue weighted by atomic mass is 19.1. The molecule has 1 aliphatic rings. The molecule has 1 heterocycles. The second-order valence-corrected chi connectivity index (χ2v) is 4.88. The third-order valence-electron chi connectivity index (χ3n) is 3.38. The molecule has 22 heavy (non-hydrogen) atoms.